The molecule has 0 saturated carbocycles. The summed E-state index contributed by atoms with van der Waals surface area (Å²) >= 11 is 0. The van der Waals surface area contributed by atoms with Crippen molar-refractivity contribution in [1.29, 1.82) is 0 Å². The van der Waals surface area contributed by atoms with Gasteiger partial charge in [0.05, 0.1) is 18.3 Å². The van der Waals surface area contributed by atoms with Gasteiger partial charge in [-0.1, -0.05) is 36.4 Å². The van der Waals surface area contributed by atoms with E-state index in [-0.39, 0.29) is 32.3 Å². The van der Waals surface area contributed by atoms with Crippen LogP contribution in [0.3, 0.4) is 0 Å². The number of rotatable bonds is 11. The molecule has 0 aromatic heterocycles. The van der Waals surface area contributed by atoms with Crippen molar-refractivity contribution in [2.24, 2.45) is 0 Å². The molecular weight excluding hydrogens is 553 g/mol. The molecule has 39 heavy (non-hydrogen) atoms. The van der Waals surface area contributed by atoms with Gasteiger partial charge in [-0.15, -0.1) is 0 Å². The van der Waals surface area contributed by atoms with E-state index in [1.54, 1.807) is 64.1 Å². The quantitative estimate of drug-likeness (QED) is 0.211. The maximum atomic E-state index is 14.0. The van der Waals surface area contributed by atoms with E-state index in [0.29, 0.717) is 5.75 Å². The van der Waals surface area contributed by atoms with Crippen molar-refractivity contribution in [2.45, 2.75) is 80.0 Å². The van der Waals surface area contributed by atoms with Crippen LogP contribution in [-0.2, 0) is 13.7 Å². The second kappa shape index (κ2) is 12.1. The lowest BCUT2D eigenvalue weighted by molar-refractivity contribution is -0.0496. The zero-order valence-electron chi connectivity index (χ0n) is 22.6. The number of hydrogen-bond acceptors (Lipinski definition) is 6. The molecule has 0 aliphatic heterocycles. The highest BCUT2D eigenvalue weighted by molar-refractivity contribution is 8.33. The Labute approximate surface area is 229 Å². The Morgan fingerprint density at radius 1 is 0.641 bits per heavy atom. The summed E-state index contributed by atoms with van der Waals surface area (Å²) in [6, 6.07) is 18.9. The predicted octanol–water partition coefficient (Wildman–Crippen LogP) is 8.11. The van der Waals surface area contributed by atoms with Gasteiger partial charge in [-0.3, -0.25) is 0 Å². The lowest BCUT2D eigenvalue weighted by atomic mass is 10.2. The fraction of sp³-hybridized carbons (Fsp3) is 0.357. The average Bonchev–Trinajstić information content (AvgIpc) is 2.82. The monoisotopic (exact) mass is 586 g/mol. The van der Waals surface area contributed by atoms with Crippen molar-refractivity contribution in [3.05, 3.63) is 72.8 Å². The van der Waals surface area contributed by atoms with Gasteiger partial charge >= 0.3 is 15.6 Å². The maximum Gasteiger partial charge on any atom is 0.524 e. The zero-order valence-corrected chi connectivity index (χ0v) is 24.2. The number of hydrogen-bond donors (Lipinski definition) is 0. The zero-order chi connectivity index (χ0) is 29.0. The third-order valence-corrected chi connectivity index (χ3v) is 9.95. The van der Waals surface area contributed by atoms with Crippen molar-refractivity contribution in [1.82, 2.24) is 0 Å². The standard InChI is InChI=1S/C28H33F3O6S2/c1-19(2)34-22-17-25(35-20(3)4)27(26(18-22)36-21(5)6)38(23-13-9-7-10-14-23,24-15-11-8-12-16-24)37-39(32,33)28(29,30)31/h7-21H,1-6H3. The highest BCUT2D eigenvalue weighted by Crippen LogP contribution is 2.75. The van der Waals surface area contributed by atoms with Crippen molar-refractivity contribution in [3.8, 4) is 17.2 Å². The van der Waals surface area contributed by atoms with Crippen LogP contribution in [-0.4, -0.2) is 32.2 Å². The summed E-state index contributed by atoms with van der Waals surface area (Å²) in [6.07, 6.45) is -1.11. The van der Waals surface area contributed by atoms with Crippen LogP contribution >= 0.6 is 10.3 Å². The van der Waals surface area contributed by atoms with Crippen molar-refractivity contribution >= 4 is 20.4 Å². The van der Waals surface area contributed by atoms with Gasteiger partial charge in [-0.2, -0.15) is 25.2 Å². The SMILES string of the molecule is CC(C)Oc1cc(OC(C)C)c(S(OS(=O)(=O)C(F)(F)F)(c2ccccc2)c2ccccc2)c(OC(C)C)c1. The van der Waals surface area contributed by atoms with Gasteiger partial charge in [0.25, 0.3) is 0 Å². The predicted molar refractivity (Wildman–Crippen MR) is 145 cm³/mol. The van der Waals surface area contributed by atoms with Crippen LogP contribution in [0.4, 0.5) is 13.2 Å². The Hall–Kier alpha value is -2.89. The van der Waals surface area contributed by atoms with Gasteiger partial charge in [0.15, 0.2) is 0 Å². The molecule has 214 valence electrons. The molecule has 3 rings (SSSR count). The fourth-order valence-corrected chi connectivity index (χ4v) is 8.63. The molecule has 0 aliphatic rings. The second-order valence-electron chi connectivity index (χ2n) is 9.40. The molecule has 0 atom stereocenters. The van der Waals surface area contributed by atoms with Crippen molar-refractivity contribution in [2.75, 3.05) is 0 Å². The molecule has 0 bridgehead atoms. The van der Waals surface area contributed by atoms with E-state index in [0.717, 1.165) is 0 Å². The number of benzene rings is 3. The summed E-state index contributed by atoms with van der Waals surface area (Å²) in [6.45, 7) is 10.6. The highest BCUT2D eigenvalue weighted by Gasteiger charge is 2.54. The molecule has 0 radical (unpaired) electrons. The summed E-state index contributed by atoms with van der Waals surface area (Å²) in [5.41, 5.74) is -5.69. The highest BCUT2D eigenvalue weighted by atomic mass is 32.3. The summed E-state index contributed by atoms with van der Waals surface area (Å²) in [5.74, 6) is 0.505. The molecule has 3 aromatic rings. The van der Waals surface area contributed by atoms with Crippen molar-refractivity contribution in [3.63, 3.8) is 0 Å². The third-order valence-electron chi connectivity index (χ3n) is 5.00. The van der Waals surface area contributed by atoms with Crippen LogP contribution in [0, 0.1) is 0 Å². The smallest absolute Gasteiger partial charge is 0.491 e. The van der Waals surface area contributed by atoms with E-state index < -0.39 is 38.1 Å². The van der Waals surface area contributed by atoms with Crippen LogP contribution in [0.1, 0.15) is 41.5 Å². The van der Waals surface area contributed by atoms with E-state index in [1.165, 1.54) is 36.4 Å². The molecule has 6 nitrogen and oxygen atoms in total. The molecule has 0 amide bonds. The second-order valence-corrected chi connectivity index (χ2v) is 13.8. The number of alkyl halides is 3. The maximum absolute atomic E-state index is 14.0. The first-order chi connectivity index (χ1) is 18.2. The summed E-state index contributed by atoms with van der Waals surface area (Å²) in [7, 11) is -9.81. The molecule has 0 N–H and O–H groups in total. The first kappa shape index (κ1) is 30.6. The van der Waals surface area contributed by atoms with Gasteiger partial charge in [0, 0.05) is 21.9 Å². The fourth-order valence-electron chi connectivity index (χ4n) is 3.74. The minimum atomic E-state index is -6.12. The van der Waals surface area contributed by atoms with Gasteiger partial charge in [-0.05, 0) is 76.1 Å². The van der Waals surface area contributed by atoms with Crippen LogP contribution < -0.4 is 14.2 Å². The molecular formula is C28H33F3O6S2. The Morgan fingerprint density at radius 3 is 1.36 bits per heavy atom. The Kier molecular flexibility index (Phi) is 9.51. The largest absolute Gasteiger partial charge is 0.524 e. The minimum absolute atomic E-state index is 0.0335. The van der Waals surface area contributed by atoms with Crippen molar-refractivity contribution < 1.29 is 39.4 Å². The van der Waals surface area contributed by atoms with Gasteiger partial charge < -0.3 is 14.2 Å². The lowest BCUT2D eigenvalue weighted by Gasteiger charge is -2.41. The summed E-state index contributed by atoms with van der Waals surface area (Å²) in [4.78, 5) is 0.429. The molecule has 0 spiro atoms. The number of ether oxygens (including phenoxy) is 3. The normalized spacial score (nSPS) is 13.1. The average molecular weight is 587 g/mol. The molecule has 3 aromatic carbocycles. The molecule has 0 fully saturated rings. The molecule has 11 heteroatoms. The van der Waals surface area contributed by atoms with Crippen LogP contribution in [0.25, 0.3) is 0 Å². The summed E-state index contributed by atoms with van der Waals surface area (Å²) in [5, 5.41) is 0. The molecule has 0 heterocycles. The van der Waals surface area contributed by atoms with Crippen LogP contribution in [0.15, 0.2) is 87.5 Å². The van der Waals surface area contributed by atoms with E-state index in [1.807, 2.05) is 13.8 Å². The van der Waals surface area contributed by atoms with Gasteiger partial charge in [-0.25, -0.2) is 0 Å². The third kappa shape index (κ3) is 7.01. The Morgan fingerprint density at radius 2 is 1.03 bits per heavy atom. The topological polar surface area (TPSA) is 71.1 Å². The summed E-state index contributed by atoms with van der Waals surface area (Å²) < 4.78 is 91.2. The number of halogens is 3. The first-order valence-electron chi connectivity index (χ1n) is 12.3. The van der Waals surface area contributed by atoms with Gasteiger partial charge in [0.1, 0.15) is 22.1 Å². The van der Waals surface area contributed by atoms with E-state index >= 15 is 0 Å². The van der Waals surface area contributed by atoms with Crippen LogP contribution in [0.2, 0.25) is 0 Å². The van der Waals surface area contributed by atoms with E-state index in [9.17, 15) is 21.6 Å². The van der Waals surface area contributed by atoms with E-state index in [4.69, 9.17) is 17.8 Å². The first-order valence-corrected chi connectivity index (χ1v) is 15.3. The van der Waals surface area contributed by atoms with Crippen LogP contribution in [0.5, 0.6) is 17.2 Å². The molecule has 0 unspecified atom stereocenters. The molecule has 0 aliphatic carbocycles. The van der Waals surface area contributed by atoms with Gasteiger partial charge in [0.2, 0.25) is 0 Å². The minimum Gasteiger partial charge on any atom is -0.491 e. The Bertz CT molecular complexity index is 1270. The lowest BCUT2D eigenvalue weighted by Crippen LogP contribution is -2.28. The molecule has 0 saturated heterocycles. The van der Waals surface area contributed by atoms with E-state index in [2.05, 4.69) is 0 Å². The Balaban J connectivity index is 2.59.